The second-order valence-corrected chi connectivity index (χ2v) is 9.48. The van der Waals surface area contributed by atoms with Gasteiger partial charge in [0, 0.05) is 18.0 Å². The number of carbonyl (C=O) groups excluding carboxylic acids is 3. The summed E-state index contributed by atoms with van der Waals surface area (Å²) in [7, 11) is 1.98. The van der Waals surface area contributed by atoms with Crippen LogP contribution < -0.4 is 4.74 Å². The van der Waals surface area contributed by atoms with Gasteiger partial charge in [-0.05, 0) is 58.0 Å². The zero-order valence-electron chi connectivity index (χ0n) is 19.1. The molecule has 1 aromatic rings. The van der Waals surface area contributed by atoms with E-state index in [1.165, 1.54) is 13.8 Å². The quantitative estimate of drug-likeness (QED) is 0.346. The molecule has 2 heterocycles. The van der Waals surface area contributed by atoms with Crippen molar-refractivity contribution in [2.75, 3.05) is 13.6 Å². The number of piperidine rings is 1. The van der Waals surface area contributed by atoms with Crippen LogP contribution in [0.3, 0.4) is 0 Å². The Kier molecular flexibility index (Phi) is 5.14. The highest BCUT2D eigenvalue weighted by Gasteiger charge is 2.72. The maximum atomic E-state index is 12.8. The summed E-state index contributed by atoms with van der Waals surface area (Å²) >= 11 is 0. The molecule has 182 valence electrons. The molecule has 1 aromatic carbocycles. The van der Waals surface area contributed by atoms with Crippen LogP contribution in [-0.4, -0.2) is 77.1 Å². The Bertz CT molecular complexity index is 1100. The number of esters is 2. The van der Waals surface area contributed by atoms with Gasteiger partial charge in [-0.2, -0.15) is 0 Å². The number of likely N-dealkylation sites (N-methyl/N-ethyl adjacent to an activating group) is 1. The van der Waals surface area contributed by atoms with Gasteiger partial charge in [-0.1, -0.05) is 6.07 Å². The van der Waals surface area contributed by atoms with E-state index >= 15 is 0 Å². The maximum absolute atomic E-state index is 12.8. The molecule has 4 aliphatic rings. The average Bonchev–Trinajstić information content (AvgIpc) is 3.15. The second kappa shape index (κ2) is 7.71. The summed E-state index contributed by atoms with van der Waals surface area (Å²) in [6, 6.07) is 3.28. The largest absolute Gasteiger partial charge is 0.504 e. The summed E-state index contributed by atoms with van der Waals surface area (Å²) in [5.74, 6) is -1.22. The minimum atomic E-state index is -1.27. The molecule has 34 heavy (non-hydrogen) atoms. The van der Waals surface area contributed by atoms with Crippen molar-refractivity contribution in [3.8, 4) is 11.5 Å². The van der Waals surface area contributed by atoms with E-state index < -0.39 is 41.3 Å². The molecule has 0 amide bonds. The molecule has 2 N–H and O–H groups in total. The van der Waals surface area contributed by atoms with Crippen LogP contribution in [0.4, 0.5) is 0 Å². The minimum Gasteiger partial charge on any atom is -0.504 e. The SMILES string of the molecule is C[C@H](OC=O)C(=O)O[C@@H](C)C(=O)OC1=CC[C@@]2(O)[C@H]3Cc4ccc(O)c5c4[C@@]2(CCN3C)[C@H]1O5. The fourth-order valence-electron chi connectivity index (χ4n) is 6.09. The average molecular weight is 473 g/mol. The fourth-order valence-corrected chi connectivity index (χ4v) is 6.09. The van der Waals surface area contributed by atoms with Gasteiger partial charge in [-0.25, -0.2) is 9.59 Å². The number of rotatable bonds is 6. The van der Waals surface area contributed by atoms with Crippen molar-refractivity contribution in [2.45, 2.75) is 68.5 Å². The first kappa shape index (κ1) is 22.7. The van der Waals surface area contributed by atoms with Gasteiger partial charge in [0.1, 0.15) is 5.76 Å². The van der Waals surface area contributed by atoms with Crippen molar-refractivity contribution in [1.29, 1.82) is 0 Å². The normalized spacial score (nSPS) is 32.4. The van der Waals surface area contributed by atoms with Crippen molar-refractivity contribution in [1.82, 2.24) is 4.90 Å². The number of phenolic OH excluding ortho intramolecular Hbond substituents is 1. The zero-order valence-corrected chi connectivity index (χ0v) is 19.1. The van der Waals surface area contributed by atoms with Gasteiger partial charge in [0.05, 0.1) is 11.0 Å². The van der Waals surface area contributed by atoms with Gasteiger partial charge in [0.25, 0.3) is 6.47 Å². The molecular formula is C24H27NO9. The number of ether oxygens (including phenoxy) is 4. The Morgan fingerprint density at radius 1 is 1.26 bits per heavy atom. The highest BCUT2D eigenvalue weighted by molar-refractivity contribution is 5.82. The molecule has 0 saturated carbocycles. The monoisotopic (exact) mass is 473 g/mol. The molecule has 5 rings (SSSR count). The zero-order chi connectivity index (χ0) is 24.4. The number of benzene rings is 1. The number of aliphatic hydroxyl groups is 1. The Morgan fingerprint density at radius 3 is 2.76 bits per heavy atom. The number of likely N-dealkylation sites (tertiary alicyclic amines) is 1. The highest BCUT2D eigenvalue weighted by atomic mass is 16.6. The summed E-state index contributed by atoms with van der Waals surface area (Å²) in [6.45, 7) is 3.50. The van der Waals surface area contributed by atoms with Crippen LogP contribution in [0.1, 0.15) is 37.8 Å². The lowest BCUT2D eigenvalue weighted by molar-refractivity contribution is -0.178. The van der Waals surface area contributed by atoms with Gasteiger partial charge >= 0.3 is 11.9 Å². The van der Waals surface area contributed by atoms with Crippen LogP contribution in [0, 0.1) is 0 Å². The maximum Gasteiger partial charge on any atom is 0.352 e. The van der Waals surface area contributed by atoms with Gasteiger partial charge in [0.2, 0.25) is 0 Å². The third kappa shape index (κ3) is 2.91. The highest BCUT2D eigenvalue weighted by Crippen LogP contribution is 2.65. The molecule has 2 bridgehead atoms. The molecule has 2 aliphatic heterocycles. The number of nitrogens with zero attached hydrogens (tertiary/aromatic N) is 1. The third-order valence-corrected chi connectivity index (χ3v) is 7.79. The van der Waals surface area contributed by atoms with E-state index in [9.17, 15) is 24.6 Å². The van der Waals surface area contributed by atoms with E-state index in [1.54, 1.807) is 12.1 Å². The van der Waals surface area contributed by atoms with Gasteiger partial charge in [-0.15, -0.1) is 0 Å². The van der Waals surface area contributed by atoms with E-state index in [2.05, 4.69) is 9.64 Å². The molecular weight excluding hydrogens is 446 g/mol. The van der Waals surface area contributed by atoms with E-state index in [-0.39, 0.29) is 30.4 Å². The Balaban J connectivity index is 1.46. The molecule has 1 fully saturated rings. The van der Waals surface area contributed by atoms with Gasteiger partial charge in [-0.3, -0.25) is 4.79 Å². The van der Waals surface area contributed by atoms with Gasteiger partial charge in [0.15, 0.2) is 29.8 Å². The summed E-state index contributed by atoms with van der Waals surface area (Å²) in [5, 5.41) is 22.6. The summed E-state index contributed by atoms with van der Waals surface area (Å²) in [5.41, 5.74) is -0.282. The van der Waals surface area contributed by atoms with Crippen LogP contribution in [0.25, 0.3) is 0 Å². The fraction of sp³-hybridized carbons (Fsp3) is 0.542. The van der Waals surface area contributed by atoms with Crippen LogP contribution in [-0.2, 0) is 40.4 Å². The van der Waals surface area contributed by atoms with Crippen molar-refractivity contribution in [2.24, 2.45) is 0 Å². The predicted octanol–water partition coefficient (Wildman–Crippen LogP) is 0.706. The third-order valence-electron chi connectivity index (χ3n) is 7.79. The summed E-state index contributed by atoms with van der Waals surface area (Å²) < 4.78 is 21.5. The van der Waals surface area contributed by atoms with Crippen LogP contribution in [0.2, 0.25) is 0 Å². The standard InChI is InChI=1S/C24H27NO9/c1-12(31-11-26)21(28)32-13(2)22(29)33-16-6-7-24(30)17-10-14-4-5-15(27)19-18(14)23(24,20(16)34-19)8-9-25(17)3/h4-6,11-13,17,20,27,30H,7-10H2,1-3H3/t12-,13-,17+,20-,23-,24+/m0/s1. The number of hydrogen-bond acceptors (Lipinski definition) is 10. The van der Waals surface area contributed by atoms with Crippen molar-refractivity contribution in [3.05, 3.63) is 35.1 Å². The molecule has 1 spiro atoms. The molecule has 0 aromatic heterocycles. The summed E-state index contributed by atoms with van der Waals surface area (Å²) in [6.07, 6.45) is -0.217. The lowest BCUT2D eigenvalue weighted by Gasteiger charge is -2.61. The lowest BCUT2D eigenvalue weighted by atomic mass is 9.50. The first-order chi connectivity index (χ1) is 16.1. The first-order valence-electron chi connectivity index (χ1n) is 11.3. The molecule has 2 aliphatic carbocycles. The Morgan fingerprint density at radius 2 is 2.03 bits per heavy atom. The van der Waals surface area contributed by atoms with E-state index in [4.69, 9.17) is 14.2 Å². The Hall–Kier alpha value is -3.11. The van der Waals surface area contributed by atoms with E-state index in [0.717, 1.165) is 11.1 Å². The number of carbonyl (C=O) groups is 3. The molecule has 10 nitrogen and oxygen atoms in total. The Labute approximate surface area is 196 Å². The number of phenols is 1. The summed E-state index contributed by atoms with van der Waals surface area (Å²) in [4.78, 5) is 37.4. The van der Waals surface area contributed by atoms with Crippen molar-refractivity contribution < 1.29 is 43.5 Å². The molecule has 0 unspecified atom stereocenters. The van der Waals surface area contributed by atoms with Crippen LogP contribution in [0.5, 0.6) is 11.5 Å². The second-order valence-electron chi connectivity index (χ2n) is 9.48. The van der Waals surface area contributed by atoms with Crippen molar-refractivity contribution in [3.63, 3.8) is 0 Å². The van der Waals surface area contributed by atoms with E-state index in [1.807, 2.05) is 13.1 Å². The molecule has 10 heteroatoms. The van der Waals surface area contributed by atoms with Crippen molar-refractivity contribution >= 4 is 18.4 Å². The predicted molar refractivity (Wildman–Crippen MR) is 115 cm³/mol. The lowest BCUT2D eigenvalue weighted by Crippen LogP contribution is -2.74. The molecule has 0 radical (unpaired) electrons. The van der Waals surface area contributed by atoms with E-state index in [0.29, 0.717) is 25.1 Å². The van der Waals surface area contributed by atoms with Crippen LogP contribution >= 0.6 is 0 Å². The smallest absolute Gasteiger partial charge is 0.352 e. The number of aromatic hydroxyl groups is 1. The molecule has 6 atom stereocenters. The first-order valence-corrected chi connectivity index (χ1v) is 11.3. The number of hydrogen-bond donors (Lipinski definition) is 2. The minimum absolute atomic E-state index is 0.0283. The topological polar surface area (TPSA) is 132 Å². The van der Waals surface area contributed by atoms with Gasteiger partial charge < -0.3 is 34.1 Å². The van der Waals surface area contributed by atoms with Crippen LogP contribution in [0.15, 0.2) is 24.0 Å². The molecule has 1 saturated heterocycles.